The van der Waals surface area contributed by atoms with E-state index in [9.17, 15) is 22.0 Å². The second-order valence-corrected chi connectivity index (χ2v) is 9.45. The third kappa shape index (κ3) is 6.14. The lowest BCUT2D eigenvalue weighted by Crippen LogP contribution is -2.34. The van der Waals surface area contributed by atoms with Gasteiger partial charge in [-0.05, 0) is 55.7 Å². The maximum Gasteiger partial charge on any atom is 0.417 e. The molecule has 0 bridgehead atoms. The molecule has 2 aromatic heterocycles. The Morgan fingerprint density at radius 3 is 2.33 bits per heavy atom. The van der Waals surface area contributed by atoms with Crippen LogP contribution in [0.3, 0.4) is 0 Å². The standard InChI is InChI=1S/C26H29F5N4O/c1-16(2)22-14-23(34-33-22)25-20(27)12-19(13-21(25)28)36-11-3-4-17-7-9-35(10-8-17)24-6-5-18(15-32-24)26(29,30)31/h5-6,12-17H,3-4,7-11H2,1-2H3,(H,33,34). The minimum absolute atomic E-state index is 0.136. The van der Waals surface area contributed by atoms with Crippen molar-refractivity contribution >= 4 is 5.82 Å². The summed E-state index contributed by atoms with van der Waals surface area (Å²) in [6.45, 7) is 5.68. The summed E-state index contributed by atoms with van der Waals surface area (Å²) in [6, 6.07) is 6.47. The van der Waals surface area contributed by atoms with Gasteiger partial charge in [-0.15, -0.1) is 0 Å². The number of hydrogen-bond donors (Lipinski definition) is 1. The molecule has 0 saturated carbocycles. The van der Waals surface area contributed by atoms with Gasteiger partial charge in [0, 0.05) is 37.1 Å². The zero-order chi connectivity index (χ0) is 25.9. The third-order valence-corrected chi connectivity index (χ3v) is 6.53. The molecule has 1 saturated heterocycles. The fourth-order valence-corrected chi connectivity index (χ4v) is 4.39. The summed E-state index contributed by atoms with van der Waals surface area (Å²) in [7, 11) is 0. The predicted octanol–water partition coefficient (Wildman–Crippen LogP) is 6.97. The molecule has 0 radical (unpaired) electrons. The van der Waals surface area contributed by atoms with Crippen molar-refractivity contribution in [3.05, 3.63) is 59.4 Å². The molecule has 194 valence electrons. The van der Waals surface area contributed by atoms with Crippen LogP contribution >= 0.6 is 0 Å². The minimum Gasteiger partial charge on any atom is -0.493 e. The molecular weight excluding hydrogens is 479 g/mol. The summed E-state index contributed by atoms with van der Waals surface area (Å²) in [5, 5.41) is 6.83. The number of aromatic amines is 1. The Labute approximate surface area is 206 Å². The Morgan fingerprint density at radius 1 is 1.08 bits per heavy atom. The van der Waals surface area contributed by atoms with Gasteiger partial charge in [-0.2, -0.15) is 18.3 Å². The van der Waals surface area contributed by atoms with Crippen LogP contribution in [-0.2, 0) is 6.18 Å². The van der Waals surface area contributed by atoms with E-state index in [0.717, 1.165) is 43.6 Å². The van der Waals surface area contributed by atoms with Gasteiger partial charge in [-0.25, -0.2) is 13.8 Å². The number of hydrogen-bond acceptors (Lipinski definition) is 4. The van der Waals surface area contributed by atoms with Crippen molar-refractivity contribution in [1.82, 2.24) is 15.2 Å². The van der Waals surface area contributed by atoms with Crippen LogP contribution in [0.4, 0.5) is 27.8 Å². The molecule has 1 aliphatic heterocycles. The molecule has 1 aliphatic rings. The average molecular weight is 509 g/mol. The lowest BCUT2D eigenvalue weighted by molar-refractivity contribution is -0.137. The van der Waals surface area contributed by atoms with E-state index in [0.29, 0.717) is 31.4 Å². The second-order valence-electron chi connectivity index (χ2n) is 9.45. The van der Waals surface area contributed by atoms with Crippen LogP contribution in [0.2, 0.25) is 0 Å². The maximum atomic E-state index is 14.6. The monoisotopic (exact) mass is 508 g/mol. The number of aromatic nitrogens is 3. The topological polar surface area (TPSA) is 54.0 Å². The van der Waals surface area contributed by atoms with E-state index in [2.05, 4.69) is 15.2 Å². The number of ether oxygens (including phenoxy) is 1. The highest BCUT2D eigenvalue weighted by Crippen LogP contribution is 2.32. The smallest absolute Gasteiger partial charge is 0.417 e. The van der Waals surface area contributed by atoms with Crippen LogP contribution in [0.25, 0.3) is 11.3 Å². The fraction of sp³-hybridized carbons (Fsp3) is 0.462. The summed E-state index contributed by atoms with van der Waals surface area (Å²) in [6.07, 6.45) is -0.120. The molecule has 1 fully saturated rings. The molecule has 0 atom stereocenters. The van der Waals surface area contributed by atoms with Crippen LogP contribution in [0.15, 0.2) is 36.5 Å². The van der Waals surface area contributed by atoms with Crippen molar-refractivity contribution in [2.24, 2.45) is 5.92 Å². The first-order valence-electron chi connectivity index (χ1n) is 12.1. The molecule has 3 aromatic rings. The van der Waals surface area contributed by atoms with E-state index in [1.807, 2.05) is 18.7 Å². The number of nitrogens with zero attached hydrogens (tertiary/aromatic N) is 3. The second kappa shape index (κ2) is 10.8. The van der Waals surface area contributed by atoms with Gasteiger partial charge in [0.05, 0.1) is 23.4 Å². The van der Waals surface area contributed by atoms with E-state index in [-0.39, 0.29) is 22.9 Å². The van der Waals surface area contributed by atoms with Gasteiger partial charge in [0.2, 0.25) is 0 Å². The molecule has 0 amide bonds. The van der Waals surface area contributed by atoms with Crippen molar-refractivity contribution < 1.29 is 26.7 Å². The average Bonchev–Trinajstić information content (AvgIpc) is 3.31. The number of H-pyrrole nitrogens is 1. The van der Waals surface area contributed by atoms with Crippen molar-refractivity contribution in [3.8, 4) is 17.0 Å². The summed E-state index contributed by atoms with van der Waals surface area (Å²) >= 11 is 0. The van der Waals surface area contributed by atoms with Crippen molar-refractivity contribution in [2.75, 3.05) is 24.6 Å². The number of anilines is 1. The van der Waals surface area contributed by atoms with E-state index in [4.69, 9.17) is 4.74 Å². The number of piperidine rings is 1. The van der Waals surface area contributed by atoms with Gasteiger partial charge < -0.3 is 9.64 Å². The van der Waals surface area contributed by atoms with E-state index < -0.39 is 23.4 Å². The molecule has 0 unspecified atom stereocenters. The molecule has 0 aliphatic carbocycles. The molecular formula is C26H29F5N4O. The van der Waals surface area contributed by atoms with Crippen LogP contribution in [0.5, 0.6) is 5.75 Å². The van der Waals surface area contributed by atoms with Gasteiger partial charge in [-0.1, -0.05) is 13.8 Å². The largest absolute Gasteiger partial charge is 0.493 e. The van der Waals surface area contributed by atoms with Crippen molar-refractivity contribution in [3.63, 3.8) is 0 Å². The van der Waals surface area contributed by atoms with Crippen molar-refractivity contribution in [1.29, 1.82) is 0 Å². The molecule has 3 heterocycles. The van der Waals surface area contributed by atoms with Gasteiger partial charge in [0.25, 0.3) is 0 Å². The number of pyridine rings is 1. The van der Waals surface area contributed by atoms with Crippen LogP contribution < -0.4 is 9.64 Å². The molecule has 0 spiro atoms. The number of alkyl halides is 3. The summed E-state index contributed by atoms with van der Waals surface area (Å²) in [4.78, 5) is 5.96. The van der Waals surface area contributed by atoms with Crippen LogP contribution in [-0.4, -0.2) is 34.9 Å². The van der Waals surface area contributed by atoms with Gasteiger partial charge in [0.15, 0.2) is 0 Å². The Balaban J connectivity index is 1.23. The van der Waals surface area contributed by atoms with E-state index >= 15 is 0 Å². The zero-order valence-corrected chi connectivity index (χ0v) is 20.2. The van der Waals surface area contributed by atoms with Gasteiger partial charge >= 0.3 is 6.18 Å². The predicted molar refractivity (Wildman–Crippen MR) is 127 cm³/mol. The quantitative estimate of drug-likeness (QED) is 0.264. The zero-order valence-electron chi connectivity index (χ0n) is 20.2. The maximum absolute atomic E-state index is 14.6. The van der Waals surface area contributed by atoms with Gasteiger partial charge in [-0.3, -0.25) is 5.10 Å². The van der Waals surface area contributed by atoms with E-state index in [1.165, 1.54) is 18.2 Å². The van der Waals surface area contributed by atoms with Crippen LogP contribution in [0, 0.1) is 17.6 Å². The van der Waals surface area contributed by atoms with E-state index in [1.54, 1.807) is 6.07 Å². The first kappa shape index (κ1) is 25.9. The molecule has 1 N–H and O–H groups in total. The normalized spacial score (nSPS) is 15.1. The lowest BCUT2D eigenvalue weighted by Gasteiger charge is -2.33. The Bertz CT molecular complexity index is 1130. The Hall–Kier alpha value is -3.17. The summed E-state index contributed by atoms with van der Waals surface area (Å²) < 4.78 is 73.0. The Morgan fingerprint density at radius 2 is 1.78 bits per heavy atom. The van der Waals surface area contributed by atoms with Crippen molar-refractivity contribution in [2.45, 2.75) is 51.6 Å². The minimum atomic E-state index is -4.39. The summed E-state index contributed by atoms with van der Waals surface area (Å²) in [5.74, 6) is -0.158. The van der Waals surface area contributed by atoms with Crippen LogP contribution in [0.1, 0.15) is 56.7 Å². The highest BCUT2D eigenvalue weighted by Gasteiger charge is 2.31. The lowest BCUT2D eigenvalue weighted by atomic mass is 9.92. The molecule has 5 nitrogen and oxygen atoms in total. The highest BCUT2D eigenvalue weighted by molar-refractivity contribution is 5.62. The van der Waals surface area contributed by atoms with Gasteiger partial charge in [0.1, 0.15) is 23.2 Å². The third-order valence-electron chi connectivity index (χ3n) is 6.53. The molecule has 36 heavy (non-hydrogen) atoms. The first-order chi connectivity index (χ1) is 17.1. The number of halogens is 5. The fourth-order valence-electron chi connectivity index (χ4n) is 4.39. The molecule has 10 heteroatoms. The highest BCUT2D eigenvalue weighted by atomic mass is 19.4. The molecule has 1 aromatic carbocycles. The number of benzene rings is 1. The first-order valence-corrected chi connectivity index (χ1v) is 12.1. The number of nitrogens with one attached hydrogen (secondary N) is 1. The summed E-state index contributed by atoms with van der Waals surface area (Å²) in [5.41, 5.74) is 0.0837. The molecule has 4 rings (SSSR count). The Kier molecular flexibility index (Phi) is 7.80. The SMILES string of the molecule is CC(C)c1cc(-c2c(F)cc(OCCCC3CCN(c4ccc(C(F)(F)F)cn4)CC3)cc2F)n[nH]1. The number of rotatable bonds is 8.